The highest BCUT2D eigenvalue weighted by molar-refractivity contribution is 5.54. The number of hydrogen-bond donors (Lipinski definition) is 1. The van der Waals surface area contributed by atoms with Crippen molar-refractivity contribution in [2.45, 2.75) is 44.9 Å². The molecule has 0 bridgehead atoms. The zero-order valence-corrected chi connectivity index (χ0v) is 12.9. The van der Waals surface area contributed by atoms with E-state index < -0.39 is 0 Å². The molecule has 1 aliphatic heterocycles. The fraction of sp³-hybridized carbons (Fsp3) is 0.529. The average Bonchev–Trinajstić information content (AvgIpc) is 3.00. The minimum absolute atomic E-state index is 0.0654. The number of nitrogens with one attached hydrogen (secondary N) is 1. The van der Waals surface area contributed by atoms with E-state index >= 15 is 0 Å². The van der Waals surface area contributed by atoms with E-state index in [1.807, 2.05) is 0 Å². The third-order valence-corrected chi connectivity index (χ3v) is 4.48. The lowest BCUT2D eigenvalue weighted by Gasteiger charge is -2.34. The first-order chi connectivity index (χ1) is 10.2. The number of piperidine rings is 1. The predicted octanol–water partition coefficient (Wildman–Crippen LogP) is 3.47. The molecule has 4 nitrogen and oxygen atoms in total. The van der Waals surface area contributed by atoms with E-state index in [4.69, 9.17) is 9.51 Å². The van der Waals surface area contributed by atoms with Gasteiger partial charge in [0, 0.05) is 5.56 Å². The molecule has 1 fully saturated rings. The van der Waals surface area contributed by atoms with Gasteiger partial charge < -0.3 is 9.84 Å². The van der Waals surface area contributed by atoms with E-state index in [0.29, 0.717) is 5.82 Å². The SMILES string of the molecule is CCCC1(c2nc(-c3ccc(C)cc3)no2)CCNCC1. The Labute approximate surface area is 126 Å². The van der Waals surface area contributed by atoms with Gasteiger partial charge >= 0.3 is 0 Å². The number of aryl methyl sites for hydroxylation is 1. The molecule has 3 rings (SSSR count). The molecule has 2 heterocycles. The quantitative estimate of drug-likeness (QED) is 0.934. The highest BCUT2D eigenvalue weighted by Gasteiger charge is 2.38. The van der Waals surface area contributed by atoms with Gasteiger partial charge in [0.25, 0.3) is 0 Å². The van der Waals surface area contributed by atoms with E-state index in [1.165, 1.54) is 5.56 Å². The summed E-state index contributed by atoms with van der Waals surface area (Å²) in [5.74, 6) is 1.53. The summed E-state index contributed by atoms with van der Waals surface area (Å²) in [6.07, 6.45) is 4.42. The zero-order valence-electron chi connectivity index (χ0n) is 12.9. The molecular formula is C17H23N3O. The molecule has 4 heteroatoms. The minimum atomic E-state index is 0.0654. The second-order valence-electron chi connectivity index (χ2n) is 6.07. The third-order valence-electron chi connectivity index (χ3n) is 4.48. The van der Waals surface area contributed by atoms with Crippen LogP contribution in [-0.2, 0) is 5.41 Å². The lowest BCUT2D eigenvalue weighted by molar-refractivity contribution is 0.208. The summed E-state index contributed by atoms with van der Waals surface area (Å²) in [6, 6.07) is 8.27. The van der Waals surface area contributed by atoms with Crippen LogP contribution in [0.2, 0.25) is 0 Å². The number of benzene rings is 1. The fourth-order valence-electron chi connectivity index (χ4n) is 3.21. The molecular weight excluding hydrogens is 262 g/mol. The normalized spacial score (nSPS) is 17.8. The second kappa shape index (κ2) is 5.98. The van der Waals surface area contributed by atoms with Crippen LogP contribution >= 0.6 is 0 Å². The van der Waals surface area contributed by atoms with E-state index in [-0.39, 0.29) is 5.41 Å². The van der Waals surface area contributed by atoms with Crippen LogP contribution in [0, 0.1) is 6.92 Å². The maximum Gasteiger partial charge on any atom is 0.233 e. The Morgan fingerprint density at radius 2 is 1.90 bits per heavy atom. The Morgan fingerprint density at radius 3 is 2.57 bits per heavy atom. The van der Waals surface area contributed by atoms with Crippen molar-refractivity contribution < 1.29 is 4.52 Å². The van der Waals surface area contributed by atoms with Crippen molar-refractivity contribution in [3.63, 3.8) is 0 Å². The lowest BCUT2D eigenvalue weighted by atomic mass is 9.75. The van der Waals surface area contributed by atoms with Crippen molar-refractivity contribution in [2.75, 3.05) is 13.1 Å². The highest BCUT2D eigenvalue weighted by atomic mass is 16.5. The zero-order chi connectivity index (χ0) is 14.7. The fourth-order valence-corrected chi connectivity index (χ4v) is 3.21. The van der Waals surface area contributed by atoms with E-state index in [0.717, 1.165) is 50.2 Å². The molecule has 0 spiro atoms. The Bertz CT molecular complexity index is 577. The summed E-state index contributed by atoms with van der Waals surface area (Å²) in [4.78, 5) is 4.72. The Balaban J connectivity index is 1.90. The van der Waals surface area contributed by atoms with Gasteiger partial charge in [-0.25, -0.2) is 0 Å². The number of rotatable bonds is 4. The molecule has 1 aliphatic rings. The van der Waals surface area contributed by atoms with E-state index in [9.17, 15) is 0 Å². The first-order valence-electron chi connectivity index (χ1n) is 7.85. The van der Waals surface area contributed by atoms with Gasteiger partial charge in [0.2, 0.25) is 11.7 Å². The highest BCUT2D eigenvalue weighted by Crippen LogP contribution is 2.37. The first kappa shape index (κ1) is 14.3. The monoisotopic (exact) mass is 285 g/mol. The van der Waals surface area contributed by atoms with Crippen LogP contribution in [0.3, 0.4) is 0 Å². The van der Waals surface area contributed by atoms with Gasteiger partial charge in [-0.15, -0.1) is 0 Å². The molecule has 1 saturated heterocycles. The van der Waals surface area contributed by atoms with Crippen LogP contribution in [0.1, 0.15) is 44.1 Å². The maximum absolute atomic E-state index is 5.66. The molecule has 1 N–H and O–H groups in total. The van der Waals surface area contributed by atoms with Gasteiger partial charge in [0.1, 0.15) is 0 Å². The van der Waals surface area contributed by atoms with Crippen LogP contribution in [0.25, 0.3) is 11.4 Å². The van der Waals surface area contributed by atoms with Crippen LogP contribution < -0.4 is 5.32 Å². The van der Waals surface area contributed by atoms with E-state index in [2.05, 4.69) is 48.6 Å². The molecule has 1 aromatic carbocycles. The Morgan fingerprint density at radius 1 is 1.19 bits per heavy atom. The number of aromatic nitrogens is 2. The largest absolute Gasteiger partial charge is 0.338 e. The summed E-state index contributed by atoms with van der Waals surface area (Å²) in [6.45, 7) is 6.36. The molecule has 21 heavy (non-hydrogen) atoms. The molecule has 2 aromatic rings. The van der Waals surface area contributed by atoms with Crippen LogP contribution in [0.5, 0.6) is 0 Å². The smallest absolute Gasteiger partial charge is 0.233 e. The summed E-state index contributed by atoms with van der Waals surface area (Å²) >= 11 is 0. The second-order valence-corrected chi connectivity index (χ2v) is 6.07. The molecule has 0 radical (unpaired) electrons. The van der Waals surface area contributed by atoms with Crippen LogP contribution in [0.15, 0.2) is 28.8 Å². The van der Waals surface area contributed by atoms with Crippen molar-refractivity contribution in [1.29, 1.82) is 0 Å². The van der Waals surface area contributed by atoms with Crippen LogP contribution in [-0.4, -0.2) is 23.2 Å². The standard InChI is InChI=1S/C17H23N3O/c1-3-8-17(9-11-18-12-10-17)16-19-15(20-21-16)14-6-4-13(2)5-7-14/h4-7,18H,3,8-12H2,1-2H3. The third kappa shape index (κ3) is 2.86. The lowest BCUT2D eigenvalue weighted by Crippen LogP contribution is -2.40. The molecule has 0 saturated carbocycles. The van der Waals surface area contributed by atoms with Gasteiger partial charge in [-0.05, 0) is 39.3 Å². The topological polar surface area (TPSA) is 51.0 Å². The predicted molar refractivity (Wildman–Crippen MR) is 83.2 cm³/mol. The summed E-state index contributed by atoms with van der Waals surface area (Å²) in [5, 5.41) is 7.63. The van der Waals surface area contributed by atoms with Gasteiger partial charge in [0.15, 0.2) is 0 Å². The van der Waals surface area contributed by atoms with E-state index in [1.54, 1.807) is 0 Å². The molecule has 0 amide bonds. The first-order valence-corrected chi connectivity index (χ1v) is 7.85. The summed E-state index contributed by atoms with van der Waals surface area (Å²) < 4.78 is 5.66. The van der Waals surface area contributed by atoms with Gasteiger partial charge in [-0.3, -0.25) is 0 Å². The van der Waals surface area contributed by atoms with Crippen molar-refractivity contribution in [2.24, 2.45) is 0 Å². The Hall–Kier alpha value is -1.68. The molecule has 0 atom stereocenters. The minimum Gasteiger partial charge on any atom is -0.338 e. The van der Waals surface area contributed by atoms with Gasteiger partial charge in [-0.2, -0.15) is 4.98 Å². The van der Waals surface area contributed by atoms with Gasteiger partial charge in [-0.1, -0.05) is 48.3 Å². The van der Waals surface area contributed by atoms with Gasteiger partial charge in [0.05, 0.1) is 5.41 Å². The Kier molecular flexibility index (Phi) is 4.06. The van der Waals surface area contributed by atoms with Crippen molar-refractivity contribution in [3.05, 3.63) is 35.7 Å². The molecule has 0 aliphatic carbocycles. The molecule has 1 aromatic heterocycles. The average molecular weight is 285 g/mol. The number of hydrogen-bond acceptors (Lipinski definition) is 4. The summed E-state index contributed by atoms with van der Waals surface area (Å²) in [5.41, 5.74) is 2.33. The molecule has 112 valence electrons. The maximum atomic E-state index is 5.66. The van der Waals surface area contributed by atoms with Crippen molar-refractivity contribution in [1.82, 2.24) is 15.5 Å². The number of nitrogens with zero attached hydrogens (tertiary/aromatic N) is 2. The summed E-state index contributed by atoms with van der Waals surface area (Å²) in [7, 11) is 0. The molecule has 0 unspecified atom stereocenters. The van der Waals surface area contributed by atoms with Crippen molar-refractivity contribution >= 4 is 0 Å². The van der Waals surface area contributed by atoms with Crippen molar-refractivity contribution in [3.8, 4) is 11.4 Å². The van der Waals surface area contributed by atoms with Crippen LogP contribution in [0.4, 0.5) is 0 Å².